The molecular formula is C9H15ClFNO4S. The molecule has 1 heterocycles. The molecule has 0 aromatic carbocycles. The Labute approximate surface area is 104 Å². The predicted molar refractivity (Wildman–Crippen MR) is 61.3 cm³/mol. The third kappa shape index (κ3) is 4.67. The molecule has 0 aromatic rings. The molecule has 0 aromatic heterocycles. The summed E-state index contributed by atoms with van der Waals surface area (Å²) in [5, 5.41) is 0. The van der Waals surface area contributed by atoms with Crippen molar-refractivity contribution in [1.29, 1.82) is 0 Å². The van der Waals surface area contributed by atoms with Crippen molar-refractivity contribution >= 4 is 25.8 Å². The van der Waals surface area contributed by atoms with Crippen LogP contribution in [0.15, 0.2) is 0 Å². The van der Waals surface area contributed by atoms with Gasteiger partial charge in [0.2, 0.25) is 9.05 Å². The van der Waals surface area contributed by atoms with Crippen LogP contribution in [0, 0.1) is 0 Å². The highest BCUT2D eigenvalue weighted by Crippen LogP contribution is 2.29. The van der Waals surface area contributed by atoms with Gasteiger partial charge in [0.05, 0.1) is 13.1 Å². The molecule has 1 rings (SSSR count). The van der Waals surface area contributed by atoms with Gasteiger partial charge >= 0.3 is 6.09 Å². The Morgan fingerprint density at radius 2 is 1.94 bits per heavy atom. The van der Waals surface area contributed by atoms with Crippen molar-refractivity contribution in [3.05, 3.63) is 0 Å². The zero-order chi connectivity index (χ0) is 13.5. The third-order valence-electron chi connectivity index (χ3n) is 2.03. The van der Waals surface area contributed by atoms with Crippen LogP contribution in [0.25, 0.3) is 0 Å². The average molecular weight is 288 g/mol. The SMILES string of the molecule is CC(C)(C)OC(=O)N1CC(F)(CS(=O)(=O)Cl)C1. The van der Waals surface area contributed by atoms with Crippen LogP contribution < -0.4 is 0 Å². The topological polar surface area (TPSA) is 63.7 Å². The molecule has 17 heavy (non-hydrogen) atoms. The molecule has 0 bridgehead atoms. The number of carbonyl (C=O) groups excluding carboxylic acids is 1. The van der Waals surface area contributed by atoms with Crippen LogP contribution in [-0.2, 0) is 13.8 Å². The van der Waals surface area contributed by atoms with E-state index in [0.717, 1.165) is 4.90 Å². The predicted octanol–water partition coefficient (Wildman–Crippen LogP) is 1.51. The largest absolute Gasteiger partial charge is 0.444 e. The van der Waals surface area contributed by atoms with Crippen LogP contribution in [0.1, 0.15) is 20.8 Å². The molecule has 0 saturated carbocycles. The van der Waals surface area contributed by atoms with Crippen molar-refractivity contribution in [3.8, 4) is 0 Å². The van der Waals surface area contributed by atoms with Gasteiger partial charge in [0.15, 0.2) is 5.67 Å². The zero-order valence-corrected chi connectivity index (χ0v) is 11.4. The van der Waals surface area contributed by atoms with Crippen LogP contribution in [-0.4, -0.2) is 49.5 Å². The molecule has 1 aliphatic heterocycles. The van der Waals surface area contributed by atoms with E-state index in [1.807, 2.05) is 0 Å². The van der Waals surface area contributed by atoms with Crippen LogP contribution >= 0.6 is 10.7 Å². The summed E-state index contributed by atoms with van der Waals surface area (Å²) in [7, 11) is 1.05. The molecule has 8 heteroatoms. The number of carbonyl (C=O) groups is 1. The van der Waals surface area contributed by atoms with E-state index in [4.69, 9.17) is 15.4 Å². The van der Waals surface area contributed by atoms with E-state index in [1.165, 1.54) is 0 Å². The second kappa shape index (κ2) is 4.28. The van der Waals surface area contributed by atoms with Crippen LogP contribution in [0.3, 0.4) is 0 Å². The lowest BCUT2D eigenvalue weighted by molar-refractivity contribution is -0.0406. The number of hydrogen-bond donors (Lipinski definition) is 0. The quantitative estimate of drug-likeness (QED) is 0.722. The van der Waals surface area contributed by atoms with Crippen molar-refractivity contribution in [3.63, 3.8) is 0 Å². The second-order valence-corrected chi connectivity index (χ2v) is 7.95. The normalized spacial score (nSPS) is 19.7. The van der Waals surface area contributed by atoms with E-state index in [2.05, 4.69) is 0 Å². The van der Waals surface area contributed by atoms with E-state index in [0.29, 0.717) is 0 Å². The first-order chi connectivity index (χ1) is 7.40. The average Bonchev–Trinajstić information content (AvgIpc) is 1.92. The second-order valence-electron chi connectivity index (χ2n) is 5.17. The minimum atomic E-state index is -3.91. The van der Waals surface area contributed by atoms with Crippen molar-refractivity contribution in [2.24, 2.45) is 0 Å². The summed E-state index contributed by atoms with van der Waals surface area (Å²) in [6.45, 7) is 4.45. The van der Waals surface area contributed by atoms with Gasteiger partial charge in [0.25, 0.3) is 0 Å². The molecule has 0 unspecified atom stereocenters. The Balaban J connectivity index is 2.49. The Morgan fingerprint density at radius 1 is 1.47 bits per heavy atom. The molecular weight excluding hydrogens is 273 g/mol. The first-order valence-electron chi connectivity index (χ1n) is 4.99. The summed E-state index contributed by atoms with van der Waals surface area (Å²) in [4.78, 5) is 12.6. The summed E-state index contributed by atoms with van der Waals surface area (Å²) in [6, 6.07) is 0. The number of likely N-dealkylation sites (tertiary alicyclic amines) is 1. The maximum absolute atomic E-state index is 13.7. The number of nitrogens with zero attached hydrogens (tertiary/aromatic N) is 1. The van der Waals surface area contributed by atoms with E-state index < -0.39 is 32.2 Å². The number of ether oxygens (including phenoxy) is 1. The van der Waals surface area contributed by atoms with Crippen molar-refractivity contribution < 1.29 is 22.3 Å². The molecule has 1 aliphatic rings. The summed E-state index contributed by atoms with van der Waals surface area (Å²) in [6.07, 6.45) is -0.655. The van der Waals surface area contributed by atoms with Gasteiger partial charge in [-0.05, 0) is 20.8 Å². The maximum Gasteiger partial charge on any atom is 0.410 e. The van der Waals surface area contributed by atoms with Gasteiger partial charge in [-0.1, -0.05) is 0 Å². The Bertz CT molecular complexity index is 411. The van der Waals surface area contributed by atoms with E-state index >= 15 is 0 Å². The lowest BCUT2D eigenvalue weighted by atomic mass is 10.00. The van der Waals surface area contributed by atoms with Crippen molar-refractivity contribution in [2.75, 3.05) is 18.8 Å². The fourth-order valence-electron chi connectivity index (χ4n) is 1.49. The van der Waals surface area contributed by atoms with Gasteiger partial charge in [0, 0.05) is 10.7 Å². The minimum Gasteiger partial charge on any atom is -0.444 e. The summed E-state index contributed by atoms with van der Waals surface area (Å²) in [5.41, 5.74) is -2.62. The van der Waals surface area contributed by atoms with Crippen molar-refractivity contribution in [2.45, 2.75) is 32.0 Å². The number of alkyl halides is 1. The first-order valence-corrected chi connectivity index (χ1v) is 7.47. The van der Waals surface area contributed by atoms with Gasteiger partial charge < -0.3 is 9.64 Å². The molecule has 1 amide bonds. The molecule has 5 nitrogen and oxygen atoms in total. The van der Waals surface area contributed by atoms with Gasteiger partial charge in [-0.3, -0.25) is 0 Å². The molecule has 0 N–H and O–H groups in total. The number of hydrogen-bond acceptors (Lipinski definition) is 4. The van der Waals surface area contributed by atoms with Gasteiger partial charge in [-0.2, -0.15) is 0 Å². The number of rotatable bonds is 2. The molecule has 100 valence electrons. The first kappa shape index (κ1) is 14.5. The third-order valence-corrected chi connectivity index (χ3v) is 3.22. The number of halogens is 2. The Kier molecular flexibility index (Phi) is 3.65. The summed E-state index contributed by atoms with van der Waals surface area (Å²) < 4.78 is 40.2. The maximum atomic E-state index is 13.7. The van der Waals surface area contributed by atoms with Gasteiger partial charge in [-0.25, -0.2) is 17.6 Å². The monoisotopic (exact) mass is 287 g/mol. The van der Waals surface area contributed by atoms with Gasteiger partial charge in [0.1, 0.15) is 11.4 Å². The highest BCUT2D eigenvalue weighted by molar-refractivity contribution is 8.13. The van der Waals surface area contributed by atoms with Crippen LogP contribution in [0.2, 0.25) is 0 Å². The highest BCUT2D eigenvalue weighted by atomic mass is 35.7. The Hall–Kier alpha value is -0.560. The molecule has 1 fully saturated rings. The standard InChI is InChI=1S/C9H15ClFNO4S/c1-8(2,3)16-7(13)12-4-9(11,5-12)6-17(10,14)15/h4-6H2,1-3H3. The zero-order valence-electron chi connectivity index (χ0n) is 9.87. The number of amides is 1. The minimum absolute atomic E-state index is 0.312. The van der Waals surface area contributed by atoms with E-state index in [-0.39, 0.29) is 13.1 Å². The van der Waals surface area contributed by atoms with E-state index in [9.17, 15) is 17.6 Å². The Morgan fingerprint density at radius 3 is 2.29 bits per heavy atom. The molecule has 0 spiro atoms. The van der Waals surface area contributed by atoms with Crippen LogP contribution in [0.4, 0.5) is 9.18 Å². The smallest absolute Gasteiger partial charge is 0.410 e. The van der Waals surface area contributed by atoms with E-state index in [1.54, 1.807) is 20.8 Å². The molecule has 0 aliphatic carbocycles. The molecule has 0 atom stereocenters. The highest BCUT2D eigenvalue weighted by Gasteiger charge is 2.49. The molecule has 1 saturated heterocycles. The summed E-state index contributed by atoms with van der Waals surface area (Å²) in [5.74, 6) is -0.791. The van der Waals surface area contributed by atoms with Crippen molar-refractivity contribution in [1.82, 2.24) is 4.90 Å². The lowest BCUT2D eigenvalue weighted by Crippen LogP contribution is -2.64. The van der Waals surface area contributed by atoms with Crippen LogP contribution in [0.5, 0.6) is 0 Å². The molecule has 0 radical (unpaired) electrons. The fourth-order valence-corrected chi connectivity index (χ4v) is 2.88. The van der Waals surface area contributed by atoms with Gasteiger partial charge in [-0.15, -0.1) is 0 Å². The lowest BCUT2D eigenvalue weighted by Gasteiger charge is -2.43. The fraction of sp³-hybridized carbons (Fsp3) is 0.889. The summed E-state index contributed by atoms with van der Waals surface area (Å²) >= 11 is 0.